The van der Waals surface area contributed by atoms with E-state index in [0.29, 0.717) is 26.4 Å². The highest BCUT2D eigenvalue weighted by Gasteiger charge is 2.03. The van der Waals surface area contributed by atoms with E-state index in [9.17, 15) is 4.79 Å². The van der Waals surface area contributed by atoms with Gasteiger partial charge in [-0.05, 0) is 27.3 Å². The van der Waals surface area contributed by atoms with Crippen molar-refractivity contribution in [2.24, 2.45) is 0 Å². The second-order valence-electron chi connectivity index (χ2n) is 4.07. The number of nitrogens with one attached hydrogen (secondary N) is 2. The standard InChI is InChI=1S/C12H26N2O4.C2H6/c1-11(15)10-17-12(2)4-7-18-14-6-9-16-8-5-13-3;1-2/h12-14H,4-10H2,1-3H3;1-2H3. The van der Waals surface area contributed by atoms with Gasteiger partial charge in [-0.3, -0.25) is 4.79 Å². The second kappa shape index (κ2) is 18.5. The van der Waals surface area contributed by atoms with Crippen molar-refractivity contribution in [3.8, 4) is 0 Å². The molecule has 20 heavy (non-hydrogen) atoms. The molecule has 2 N–H and O–H groups in total. The van der Waals surface area contributed by atoms with E-state index in [2.05, 4.69) is 10.8 Å². The Morgan fingerprint density at radius 1 is 1.15 bits per heavy atom. The van der Waals surface area contributed by atoms with Crippen LogP contribution < -0.4 is 10.8 Å². The number of Topliss-reactive ketones (excluding diaryl/α,β-unsaturated/α-hetero) is 1. The van der Waals surface area contributed by atoms with Gasteiger partial charge in [0.05, 0.1) is 25.9 Å². The van der Waals surface area contributed by atoms with E-state index in [4.69, 9.17) is 14.3 Å². The molecule has 0 aliphatic heterocycles. The quantitative estimate of drug-likeness (QED) is 0.392. The van der Waals surface area contributed by atoms with Crippen molar-refractivity contribution in [1.29, 1.82) is 0 Å². The maximum atomic E-state index is 10.7. The number of hydroxylamine groups is 1. The van der Waals surface area contributed by atoms with Crippen LogP contribution in [-0.2, 0) is 19.1 Å². The minimum Gasteiger partial charge on any atom is -0.379 e. The van der Waals surface area contributed by atoms with Crippen molar-refractivity contribution < 1.29 is 19.1 Å². The number of hydrogen-bond acceptors (Lipinski definition) is 6. The van der Waals surface area contributed by atoms with Gasteiger partial charge in [-0.25, -0.2) is 5.48 Å². The van der Waals surface area contributed by atoms with Crippen molar-refractivity contribution >= 4 is 5.78 Å². The predicted octanol–water partition coefficient (Wildman–Crippen LogP) is 1.15. The molecule has 0 aromatic heterocycles. The normalized spacial score (nSPS) is 11.7. The number of rotatable bonds is 13. The Morgan fingerprint density at radius 3 is 2.40 bits per heavy atom. The Bertz CT molecular complexity index is 204. The fraction of sp³-hybridized carbons (Fsp3) is 0.929. The molecule has 0 amide bonds. The van der Waals surface area contributed by atoms with Crippen LogP contribution in [0, 0.1) is 0 Å². The van der Waals surface area contributed by atoms with Crippen LogP contribution in [0.5, 0.6) is 0 Å². The summed E-state index contributed by atoms with van der Waals surface area (Å²) in [4.78, 5) is 15.9. The Balaban J connectivity index is 0. The molecule has 6 heteroatoms. The van der Waals surface area contributed by atoms with E-state index in [1.807, 2.05) is 27.8 Å². The van der Waals surface area contributed by atoms with Gasteiger partial charge in [-0.2, -0.15) is 0 Å². The molecule has 0 rings (SSSR count). The number of carbonyl (C=O) groups excluding carboxylic acids is 1. The zero-order chi connectivity index (χ0) is 15.6. The van der Waals surface area contributed by atoms with Gasteiger partial charge in [-0.15, -0.1) is 0 Å². The van der Waals surface area contributed by atoms with E-state index >= 15 is 0 Å². The fourth-order valence-electron chi connectivity index (χ4n) is 1.10. The molecular weight excluding hydrogens is 260 g/mol. The third-order valence-corrected chi connectivity index (χ3v) is 2.14. The van der Waals surface area contributed by atoms with Crippen LogP contribution in [0.3, 0.4) is 0 Å². The summed E-state index contributed by atoms with van der Waals surface area (Å²) in [5, 5.41) is 3.00. The van der Waals surface area contributed by atoms with Gasteiger partial charge < -0.3 is 19.6 Å². The maximum Gasteiger partial charge on any atom is 0.155 e. The third-order valence-electron chi connectivity index (χ3n) is 2.14. The van der Waals surface area contributed by atoms with Crippen LogP contribution in [0.2, 0.25) is 0 Å². The molecule has 122 valence electrons. The number of hydrogen-bond donors (Lipinski definition) is 2. The molecule has 0 fully saturated rings. The molecule has 0 aliphatic carbocycles. The molecule has 0 heterocycles. The van der Waals surface area contributed by atoms with Gasteiger partial charge in [0.2, 0.25) is 0 Å². The Labute approximate surface area is 123 Å². The third kappa shape index (κ3) is 19.8. The molecule has 1 unspecified atom stereocenters. The monoisotopic (exact) mass is 292 g/mol. The van der Waals surface area contributed by atoms with Gasteiger partial charge in [0.15, 0.2) is 5.78 Å². The number of likely N-dealkylation sites (N-methyl/N-ethyl adjacent to an activating group) is 1. The first kappa shape index (κ1) is 21.8. The van der Waals surface area contributed by atoms with Crippen molar-refractivity contribution in [3.05, 3.63) is 0 Å². The molecule has 0 aromatic carbocycles. The van der Waals surface area contributed by atoms with Crippen LogP contribution >= 0.6 is 0 Å². The fourth-order valence-corrected chi connectivity index (χ4v) is 1.10. The van der Waals surface area contributed by atoms with Crippen molar-refractivity contribution in [1.82, 2.24) is 10.8 Å². The lowest BCUT2D eigenvalue weighted by Crippen LogP contribution is -2.24. The van der Waals surface area contributed by atoms with E-state index < -0.39 is 0 Å². The molecule has 0 bridgehead atoms. The summed E-state index contributed by atoms with van der Waals surface area (Å²) in [7, 11) is 1.89. The first-order chi connectivity index (χ1) is 9.66. The Kier molecular flexibility index (Phi) is 20.1. The first-order valence-electron chi connectivity index (χ1n) is 7.34. The number of ketones is 1. The summed E-state index contributed by atoms with van der Waals surface area (Å²) in [6.07, 6.45) is 0.781. The summed E-state index contributed by atoms with van der Waals surface area (Å²) < 4.78 is 10.6. The van der Waals surface area contributed by atoms with Crippen molar-refractivity contribution in [3.63, 3.8) is 0 Å². The Hall–Kier alpha value is -0.530. The van der Waals surface area contributed by atoms with Crippen LogP contribution in [-0.4, -0.2) is 58.5 Å². The van der Waals surface area contributed by atoms with Gasteiger partial charge in [0.1, 0.15) is 6.61 Å². The Morgan fingerprint density at radius 2 is 1.80 bits per heavy atom. The molecule has 1 atom stereocenters. The van der Waals surface area contributed by atoms with Crippen LogP contribution in [0.15, 0.2) is 0 Å². The van der Waals surface area contributed by atoms with Gasteiger partial charge >= 0.3 is 0 Å². The molecule has 0 radical (unpaired) electrons. The maximum absolute atomic E-state index is 10.7. The van der Waals surface area contributed by atoms with E-state index in [0.717, 1.165) is 13.0 Å². The highest BCUT2D eigenvalue weighted by molar-refractivity contribution is 5.76. The van der Waals surface area contributed by atoms with Crippen LogP contribution in [0.4, 0.5) is 0 Å². The molecule has 0 saturated carbocycles. The zero-order valence-corrected chi connectivity index (χ0v) is 13.7. The van der Waals surface area contributed by atoms with E-state index in [1.54, 1.807) is 0 Å². The minimum atomic E-state index is 0.0302. The van der Waals surface area contributed by atoms with E-state index in [1.165, 1.54) is 6.92 Å². The largest absolute Gasteiger partial charge is 0.379 e. The summed E-state index contributed by atoms with van der Waals surface area (Å²) in [5.41, 5.74) is 2.81. The van der Waals surface area contributed by atoms with Gasteiger partial charge in [0.25, 0.3) is 0 Å². The molecule has 0 aliphatic rings. The smallest absolute Gasteiger partial charge is 0.155 e. The summed E-state index contributed by atoms with van der Waals surface area (Å²) in [5.74, 6) is 0.0413. The van der Waals surface area contributed by atoms with Crippen molar-refractivity contribution in [2.75, 3.05) is 46.6 Å². The zero-order valence-electron chi connectivity index (χ0n) is 13.7. The van der Waals surface area contributed by atoms with E-state index in [-0.39, 0.29) is 18.5 Å². The van der Waals surface area contributed by atoms with Gasteiger partial charge in [0, 0.05) is 13.1 Å². The molecular formula is C14H32N2O4. The van der Waals surface area contributed by atoms with Gasteiger partial charge in [-0.1, -0.05) is 13.8 Å². The minimum absolute atomic E-state index is 0.0302. The SMILES string of the molecule is CC.CNCCOCCNOCCC(C)OCC(C)=O. The molecule has 0 aromatic rings. The average Bonchev–Trinajstić information content (AvgIpc) is 2.45. The summed E-state index contributed by atoms with van der Waals surface area (Å²) in [6.45, 7) is 11.0. The van der Waals surface area contributed by atoms with Crippen LogP contribution in [0.1, 0.15) is 34.1 Å². The average molecular weight is 292 g/mol. The number of carbonyl (C=O) groups is 1. The summed E-state index contributed by atoms with van der Waals surface area (Å²) >= 11 is 0. The second-order valence-corrected chi connectivity index (χ2v) is 4.07. The molecule has 0 saturated heterocycles. The first-order valence-corrected chi connectivity index (χ1v) is 7.34. The summed E-state index contributed by atoms with van der Waals surface area (Å²) in [6, 6.07) is 0. The topological polar surface area (TPSA) is 68.8 Å². The predicted molar refractivity (Wildman–Crippen MR) is 80.8 cm³/mol. The van der Waals surface area contributed by atoms with Crippen LogP contribution in [0.25, 0.3) is 0 Å². The molecule has 6 nitrogen and oxygen atoms in total. The molecule has 0 spiro atoms. The lowest BCUT2D eigenvalue weighted by molar-refractivity contribution is -0.123. The number of ether oxygens (including phenoxy) is 2. The highest BCUT2D eigenvalue weighted by atomic mass is 16.6. The lowest BCUT2D eigenvalue weighted by atomic mass is 10.3. The lowest BCUT2D eigenvalue weighted by Gasteiger charge is -2.12. The highest BCUT2D eigenvalue weighted by Crippen LogP contribution is 1.96. The van der Waals surface area contributed by atoms with Crippen molar-refractivity contribution in [2.45, 2.75) is 40.2 Å².